The highest BCUT2D eigenvalue weighted by Crippen LogP contribution is 2.28. The molecule has 5 nitrogen and oxygen atoms in total. The quantitative estimate of drug-likeness (QED) is 0.574. The van der Waals surface area contributed by atoms with Gasteiger partial charge < -0.3 is 16.0 Å². The lowest BCUT2D eigenvalue weighted by Gasteiger charge is -2.20. The van der Waals surface area contributed by atoms with Gasteiger partial charge in [0.2, 0.25) is 11.8 Å². The van der Waals surface area contributed by atoms with Crippen molar-refractivity contribution in [2.24, 2.45) is 5.92 Å². The summed E-state index contributed by atoms with van der Waals surface area (Å²) in [5.74, 6) is 0.306. The number of rotatable bonds is 6. The molecule has 5 heteroatoms. The van der Waals surface area contributed by atoms with E-state index in [-0.39, 0.29) is 23.3 Å². The molecule has 0 saturated heterocycles. The standard InChI is InChI=1S/C12H23N3O2/c1-12(2,3)15-8-10(16)13-6-7-14-11(17)9-4-5-9/h9,15H,4-8H2,1-3H3,(H,13,16)(H,14,17). The van der Waals surface area contributed by atoms with Gasteiger partial charge in [0, 0.05) is 24.5 Å². The Hall–Kier alpha value is -1.10. The van der Waals surface area contributed by atoms with Crippen LogP contribution in [-0.4, -0.2) is 37.0 Å². The molecule has 3 N–H and O–H groups in total. The van der Waals surface area contributed by atoms with E-state index in [0.29, 0.717) is 19.6 Å². The number of amides is 2. The van der Waals surface area contributed by atoms with Crippen LogP contribution < -0.4 is 16.0 Å². The van der Waals surface area contributed by atoms with E-state index in [4.69, 9.17) is 0 Å². The Morgan fingerprint density at radius 3 is 2.24 bits per heavy atom. The fourth-order valence-corrected chi connectivity index (χ4v) is 1.29. The lowest BCUT2D eigenvalue weighted by atomic mass is 10.1. The summed E-state index contributed by atoms with van der Waals surface area (Å²) < 4.78 is 0. The van der Waals surface area contributed by atoms with Gasteiger partial charge in [-0.2, -0.15) is 0 Å². The maximum Gasteiger partial charge on any atom is 0.234 e. The van der Waals surface area contributed by atoms with E-state index in [0.717, 1.165) is 12.8 Å². The van der Waals surface area contributed by atoms with Crippen LogP contribution in [0, 0.1) is 5.92 Å². The first kappa shape index (κ1) is 14.0. The van der Waals surface area contributed by atoms with E-state index >= 15 is 0 Å². The Balaban J connectivity index is 1.98. The summed E-state index contributed by atoms with van der Waals surface area (Å²) in [6.07, 6.45) is 2.02. The number of nitrogens with one attached hydrogen (secondary N) is 3. The lowest BCUT2D eigenvalue weighted by molar-refractivity contribution is -0.123. The Labute approximate surface area is 103 Å². The minimum Gasteiger partial charge on any atom is -0.354 e. The maximum absolute atomic E-state index is 11.4. The summed E-state index contributed by atoms with van der Waals surface area (Å²) in [5, 5.41) is 8.65. The molecule has 0 unspecified atom stereocenters. The van der Waals surface area contributed by atoms with Crippen molar-refractivity contribution in [1.82, 2.24) is 16.0 Å². The fourth-order valence-electron chi connectivity index (χ4n) is 1.29. The zero-order chi connectivity index (χ0) is 12.9. The SMILES string of the molecule is CC(C)(C)NCC(=O)NCCNC(=O)C1CC1. The zero-order valence-electron chi connectivity index (χ0n) is 10.9. The molecule has 0 spiro atoms. The van der Waals surface area contributed by atoms with Gasteiger partial charge in [0.25, 0.3) is 0 Å². The van der Waals surface area contributed by atoms with E-state index in [1.807, 2.05) is 20.8 Å². The molecular formula is C12H23N3O2. The second kappa shape index (κ2) is 6.00. The number of carbonyl (C=O) groups is 2. The van der Waals surface area contributed by atoms with Crippen LogP contribution in [0.2, 0.25) is 0 Å². The van der Waals surface area contributed by atoms with Crippen molar-refractivity contribution in [3.05, 3.63) is 0 Å². The molecule has 17 heavy (non-hydrogen) atoms. The van der Waals surface area contributed by atoms with Crippen LogP contribution in [0.3, 0.4) is 0 Å². The van der Waals surface area contributed by atoms with Crippen molar-refractivity contribution in [3.8, 4) is 0 Å². The molecule has 0 bridgehead atoms. The highest BCUT2D eigenvalue weighted by atomic mass is 16.2. The van der Waals surface area contributed by atoms with Crippen LogP contribution in [0.15, 0.2) is 0 Å². The normalized spacial score (nSPS) is 15.5. The Kier molecular flexibility index (Phi) is 4.93. The maximum atomic E-state index is 11.4. The van der Waals surface area contributed by atoms with Gasteiger partial charge >= 0.3 is 0 Å². The summed E-state index contributed by atoms with van der Waals surface area (Å²) in [5.41, 5.74) is -0.0580. The van der Waals surface area contributed by atoms with Crippen molar-refractivity contribution in [2.75, 3.05) is 19.6 Å². The largest absolute Gasteiger partial charge is 0.354 e. The molecule has 0 radical (unpaired) electrons. The molecule has 1 aliphatic rings. The first-order chi connectivity index (χ1) is 7.88. The predicted octanol–water partition coefficient (Wildman–Crippen LogP) is 0.0169. The summed E-state index contributed by atoms with van der Waals surface area (Å²) >= 11 is 0. The van der Waals surface area contributed by atoms with Crippen molar-refractivity contribution >= 4 is 11.8 Å². The van der Waals surface area contributed by atoms with Gasteiger partial charge in [-0.1, -0.05) is 0 Å². The van der Waals surface area contributed by atoms with Crippen molar-refractivity contribution in [1.29, 1.82) is 0 Å². The zero-order valence-corrected chi connectivity index (χ0v) is 10.9. The third-order valence-corrected chi connectivity index (χ3v) is 2.47. The molecule has 0 aromatic heterocycles. The summed E-state index contributed by atoms with van der Waals surface area (Å²) in [6, 6.07) is 0. The average Bonchev–Trinajstić information content (AvgIpc) is 3.03. The topological polar surface area (TPSA) is 70.2 Å². The van der Waals surface area contributed by atoms with Crippen LogP contribution in [0.4, 0.5) is 0 Å². The van der Waals surface area contributed by atoms with Gasteiger partial charge in [0.05, 0.1) is 6.54 Å². The molecule has 0 atom stereocenters. The third-order valence-electron chi connectivity index (χ3n) is 2.47. The van der Waals surface area contributed by atoms with Crippen molar-refractivity contribution in [2.45, 2.75) is 39.2 Å². The van der Waals surface area contributed by atoms with E-state index in [1.54, 1.807) is 0 Å². The lowest BCUT2D eigenvalue weighted by Crippen LogP contribution is -2.44. The van der Waals surface area contributed by atoms with E-state index in [1.165, 1.54) is 0 Å². The third kappa shape index (κ3) is 6.94. The highest BCUT2D eigenvalue weighted by Gasteiger charge is 2.28. The molecule has 1 rings (SSSR count). The second-order valence-corrected chi connectivity index (χ2v) is 5.52. The van der Waals surface area contributed by atoms with E-state index < -0.39 is 0 Å². The van der Waals surface area contributed by atoms with Crippen LogP contribution in [-0.2, 0) is 9.59 Å². The van der Waals surface area contributed by atoms with E-state index in [9.17, 15) is 9.59 Å². The number of hydrogen-bond donors (Lipinski definition) is 3. The molecule has 1 aliphatic carbocycles. The molecule has 1 saturated carbocycles. The smallest absolute Gasteiger partial charge is 0.234 e. The van der Waals surface area contributed by atoms with Gasteiger partial charge in [-0.25, -0.2) is 0 Å². The van der Waals surface area contributed by atoms with E-state index in [2.05, 4.69) is 16.0 Å². The van der Waals surface area contributed by atoms with Crippen LogP contribution in [0.5, 0.6) is 0 Å². The van der Waals surface area contributed by atoms with Crippen LogP contribution in [0.25, 0.3) is 0 Å². The minimum absolute atomic E-state index is 0.0411. The molecule has 0 aliphatic heterocycles. The number of hydrogen-bond acceptors (Lipinski definition) is 3. The summed E-state index contributed by atoms with van der Waals surface area (Å²) in [6.45, 7) is 7.34. The Morgan fingerprint density at radius 1 is 1.12 bits per heavy atom. The van der Waals surface area contributed by atoms with Crippen LogP contribution >= 0.6 is 0 Å². The van der Waals surface area contributed by atoms with Gasteiger partial charge in [0.15, 0.2) is 0 Å². The van der Waals surface area contributed by atoms with Gasteiger partial charge in [0.1, 0.15) is 0 Å². The predicted molar refractivity (Wildman–Crippen MR) is 66.5 cm³/mol. The molecule has 0 aromatic carbocycles. The summed E-state index contributed by atoms with van der Waals surface area (Å²) in [7, 11) is 0. The van der Waals surface area contributed by atoms with Gasteiger partial charge in [-0.3, -0.25) is 9.59 Å². The molecule has 0 heterocycles. The second-order valence-electron chi connectivity index (χ2n) is 5.52. The first-order valence-corrected chi connectivity index (χ1v) is 6.18. The minimum atomic E-state index is -0.0580. The van der Waals surface area contributed by atoms with Crippen molar-refractivity contribution < 1.29 is 9.59 Å². The van der Waals surface area contributed by atoms with Gasteiger partial charge in [-0.15, -0.1) is 0 Å². The Bertz CT molecular complexity index is 280. The summed E-state index contributed by atoms with van der Waals surface area (Å²) in [4.78, 5) is 22.7. The number of carbonyl (C=O) groups excluding carboxylic acids is 2. The van der Waals surface area contributed by atoms with Crippen LogP contribution in [0.1, 0.15) is 33.6 Å². The molecular weight excluding hydrogens is 218 g/mol. The van der Waals surface area contributed by atoms with Gasteiger partial charge in [-0.05, 0) is 33.6 Å². The Morgan fingerprint density at radius 2 is 1.71 bits per heavy atom. The molecule has 98 valence electrons. The first-order valence-electron chi connectivity index (χ1n) is 6.18. The van der Waals surface area contributed by atoms with Crippen molar-refractivity contribution in [3.63, 3.8) is 0 Å². The molecule has 1 fully saturated rings. The highest BCUT2D eigenvalue weighted by molar-refractivity contribution is 5.81. The molecule has 2 amide bonds. The average molecular weight is 241 g/mol. The fraction of sp³-hybridized carbons (Fsp3) is 0.833. The monoisotopic (exact) mass is 241 g/mol. The molecule has 0 aromatic rings.